The third kappa shape index (κ3) is 5.51. The van der Waals surface area contributed by atoms with Crippen molar-refractivity contribution in [2.24, 2.45) is 0 Å². The molecule has 9 heteroatoms. The first-order valence-corrected chi connectivity index (χ1v) is 11.1. The summed E-state index contributed by atoms with van der Waals surface area (Å²) >= 11 is 4.35. The second-order valence-electron chi connectivity index (χ2n) is 7.02. The molecule has 1 fully saturated rings. The molecule has 1 aliphatic rings. The fourth-order valence-corrected chi connectivity index (χ4v) is 4.71. The first-order chi connectivity index (χ1) is 14.6. The van der Waals surface area contributed by atoms with Crippen LogP contribution in [-0.4, -0.2) is 47.8 Å². The summed E-state index contributed by atoms with van der Waals surface area (Å²) in [5, 5.41) is 0. The number of piperazine rings is 1. The summed E-state index contributed by atoms with van der Waals surface area (Å²) in [5.74, 6) is -0.499. The third-order valence-corrected chi connectivity index (χ3v) is 7.07. The molecule has 164 valence electrons. The number of hydrogen-bond donors (Lipinski definition) is 0. The number of alkyl halides is 3. The summed E-state index contributed by atoms with van der Waals surface area (Å²) in [6.07, 6.45) is -4.59. The Morgan fingerprint density at radius 3 is 2.19 bits per heavy atom. The van der Waals surface area contributed by atoms with Gasteiger partial charge >= 0.3 is 6.18 Å². The maximum atomic E-state index is 13.8. The van der Waals surface area contributed by atoms with E-state index in [-0.39, 0.29) is 21.9 Å². The van der Waals surface area contributed by atoms with Gasteiger partial charge in [0.05, 0.1) is 5.56 Å². The molecule has 0 saturated carbocycles. The summed E-state index contributed by atoms with van der Waals surface area (Å²) in [4.78, 5) is 28.1. The lowest BCUT2D eigenvalue weighted by molar-refractivity contribution is -0.139. The quantitative estimate of drug-likeness (QED) is 0.520. The van der Waals surface area contributed by atoms with Crippen molar-refractivity contribution in [3.8, 4) is 0 Å². The number of rotatable bonds is 4. The molecule has 0 atom stereocenters. The van der Waals surface area contributed by atoms with E-state index in [1.165, 1.54) is 24.0 Å². The summed E-state index contributed by atoms with van der Waals surface area (Å²) in [6, 6.07) is 10.9. The first-order valence-electron chi connectivity index (χ1n) is 9.45. The average molecular weight is 513 g/mol. The Labute approximate surface area is 191 Å². The van der Waals surface area contributed by atoms with Crippen molar-refractivity contribution in [1.29, 1.82) is 0 Å². The van der Waals surface area contributed by atoms with E-state index in [0.29, 0.717) is 35.5 Å². The largest absolute Gasteiger partial charge is 0.417 e. The van der Waals surface area contributed by atoms with Gasteiger partial charge < -0.3 is 9.80 Å². The van der Waals surface area contributed by atoms with Crippen LogP contribution in [0.3, 0.4) is 0 Å². The summed E-state index contributed by atoms with van der Waals surface area (Å²) < 4.78 is 42.0. The van der Waals surface area contributed by atoms with Crippen LogP contribution in [0, 0.1) is 0 Å². The predicted octanol–water partition coefficient (Wildman–Crippen LogP) is 5.32. The Morgan fingerprint density at radius 1 is 1.00 bits per heavy atom. The molecule has 0 spiro atoms. The van der Waals surface area contributed by atoms with Gasteiger partial charge in [-0.05, 0) is 45.8 Å². The Bertz CT molecular complexity index is 1020. The van der Waals surface area contributed by atoms with Gasteiger partial charge in [0.15, 0.2) is 0 Å². The van der Waals surface area contributed by atoms with E-state index in [1.54, 1.807) is 29.2 Å². The fourth-order valence-electron chi connectivity index (χ4n) is 3.21. The van der Waals surface area contributed by atoms with Crippen molar-refractivity contribution >= 4 is 45.1 Å². The van der Waals surface area contributed by atoms with Crippen molar-refractivity contribution in [3.05, 3.63) is 64.6 Å². The molecule has 1 aliphatic heterocycles. The lowest BCUT2D eigenvalue weighted by atomic mass is 10.0. The number of hydrogen-bond acceptors (Lipinski definition) is 3. The Morgan fingerprint density at radius 2 is 1.61 bits per heavy atom. The fraction of sp³-hybridized carbons (Fsp3) is 0.273. The van der Waals surface area contributed by atoms with Crippen molar-refractivity contribution in [2.75, 3.05) is 26.2 Å². The number of carbonyl (C=O) groups is 2. The monoisotopic (exact) mass is 512 g/mol. The molecule has 4 nitrogen and oxygen atoms in total. The van der Waals surface area contributed by atoms with Crippen molar-refractivity contribution in [1.82, 2.24) is 9.80 Å². The Balaban J connectivity index is 1.83. The van der Waals surface area contributed by atoms with Gasteiger partial charge in [-0.25, -0.2) is 0 Å². The minimum Gasteiger partial charge on any atom is -0.339 e. The maximum absolute atomic E-state index is 13.8. The van der Waals surface area contributed by atoms with Crippen molar-refractivity contribution < 1.29 is 22.8 Å². The summed E-state index contributed by atoms with van der Waals surface area (Å²) in [6.45, 7) is 6.64. The molecule has 2 aromatic rings. The Hall–Kier alpha value is -2.26. The minimum absolute atomic E-state index is 0.000725. The van der Waals surface area contributed by atoms with Gasteiger partial charge in [0.25, 0.3) is 5.91 Å². The number of carbonyl (C=O) groups excluding carboxylic acids is 2. The molecule has 2 amide bonds. The molecule has 0 N–H and O–H groups in total. The van der Waals surface area contributed by atoms with E-state index >= 15 is 0 Å². The number of benzene rings is 2. The molecule has 0 aromatic heterocycles. The van der Waals surface area contributed by atoms with E-state index < -0.39 is 17.6 Å². The summed E-state index contributed by atoms with van der Waals surface area (Å²) in [5.41, 5.74) is -0.692. The normalized spacial score (nSPS) is 14.5. The maximum Gasteiger partial charge on any atom is 0.417 e. The molecule has 0 unspecified atom stereocenters. The topological polar surface area (TPSA) is 40.6 Å². The second-order valence-corrected chi connectivity index (χ2v) is 8.96. The molecular weight excluding hydrogens is 493 g/mol. The van der Waals surface area contributed by atoms with Gasteiger partial charge in [-0.3, -0.25) is 9.59 Å². The van der Waals surface area contributed by atoms with Crippen LogP contribution in [0.15, 0.2) is 63.3 Å². The van der Waals surface area contributed by atoms with E-state index in [2.05, 4.69) is 22.5 Å². The van der Waals surface area contributed by atoms with Crippen molar-refractivity contribution in [3.63, 3.8) is 0 Å². The summed E-state index contributed by atoms with van der Waals surface area (Å²) in [7, 11) is 0. The van der Waals surface area contributed by atoms with Crippen molar-refractivity contribution in [2.45, 2.75) is 22.9 Å². The highest BCUT2D eigenvalue weighted by molar-refractivity contribution is 9.10. The smallest absolute Gasteiger partial charge is 0.339 e. The average Bonchev–Trinajstić information content (AvgIpc) is 2.74. The van der Waals surface area contributed by atoms with Gasteiger partial charge in [0.2, 0.25) is 5.91 Å². The SMILES string of the molecule is C=C(C(=O)N1CCN(C(C)=O)CC1)c1ccc(Sc2ccccc2Br)c(C(F)(F)F)c1. The zero-order chi connectivity index (χ0) is 22.8. The number of halogens is 4. The van der Waals surface area contributed by atoms with Crippen LogP contribution < -0.4 is 0 Å². The van der Waals surface area contributed by atoms with E-state index in [1.807, 2.05) is 0 Å². The van der Waals surface area contributed by atoms with E-state index in [0.717, 1.165) is 17.8 Å². The van der Waals surface area contributed by atoms with Gasteiger partial charge in [-0.2, -0.15) is 13.2 Å². The van der Waals surface area contributed by atoms with Crippen LogP contribution in [-0.2, 0) is 15.8 Å². The van der Waals surface area contributed by atoms with Gasteiger partial charge in [-0.15, -0.1) is 0 Å². The lowest BCUT2D eigenvalue weighted by Crippen LogP contribution is -2.50. The highest BCUT2D eigenvalue weighted by atomic mass is 79.9. The minimum atomic E-state index is -4.59. The molecule has 2 aromatic carbocycles. The zero-order valence-corrected chi connectivity index (χ0v) is 19.1. The third-order valence-electron chi connectivity index (χ3n) is 4.96. The molecule has 0 radical (unpaired) electrons. The van der Waals surface area contributed by atoms with Gasteiger partial charge in [0.1, 0.15) is 0 Å². The van der Waals surface area contributed by atoms with Gasteiger partial charge in [0, 0.05) is 52.9 Å². The van der Waals surface area contributed by atoms with Gasteiger partial charge in [-0.1, -0.05) is 36.5 Å². The molecule has 0 bridgehead atoms. The van der Waals surface area contributed by atoms with Crippen LogP contribution in [0.4, 0.5) is 13.2 Å². The number of nitrogens with zero attached hydrogens (tertiary/aromatic N) is 2. The molecular formula is C22H20BrF3N2O2S. The Kier molecular flexibility index (Phi) is 7.16. The molecule has 1 heterocycles. The first kappa shape index (κ1) is 23.4. The number of amides is 2. The van der Waals surface area contributed by atoms with Crippen LogP contribution in [0.5, 0.6) is 0 Å². The van der Waals surface area contributed by atoms with Crippen LogP contribution in [0.25, 0.3) is 5.57 Å². The standard InChI is InChI=1S/C22H20BrF3N2O2S/c1-14(21(30)28-11-9-27(10-12-28)15(2)29)16-7-8-19(17(13-16)22(24,25)26)31-20-6-4-3-5-18(20)23/h3-8,13H,1,9-12H2,2H3. The lowest BCUT2D eigenvalue weighted by Gasteiger charge is -2.34. The van der Waals surface area contributed by atoms with Crippen LogP contribution >= 0.6 is 27.7 Å². The molecule has 31 heavy (non-hydrogen) atoms. The highest BCUT2D eigenvalue weighted by Gasteiger charge is 2.35. The van der Waals surface area contributed by atoms with E-state index in [9.17, 15) is 22.8 Å². The predicted molar refractivity (Wildman–Crippen MR) is 118 cm³/mol. The zero-order valence-electron chi connectivity index (χ0n) is 16.7. The molecule has 3 rings (SSSR count). The molecule has 1 saturated heterocycles. The van der Waals surface area contributed by atoms with E-state index in [4.69, 9.17) is 0 Å². The van der Waals surface area contributed by atoms with Crippen LogP contribution in [0.1, 0.15) is 18.1 Å². The highest BCUT2D eigenvalue weighted by Crippen LogP contribution is 2.42. The second kappa shape index (κ2) is 9.48. The van der Waals surface area contributed by atoms with Crippen LogP contribution in [0.2, 0.25) is 0 Å². The molecule has 0 aliphatic carbocycles.